The van der Waals surface area contributed by atoms with Crippen LogP contribution in [0.5, 0.6) is 0 Å². The second kappa shape index (κ2) is 4.34. The lowest BCUT2D eigenvalue weighted by atomic mass is 10.2. The maximum atomic E-state index is 9.83. The first-order chi connectivity index (χ1) is 5.38. The van der Waals surface area contributed by atoms with Crippen molar-refractivity contribution in [1.82, 2.24) is 0 Å². The van der Waals surface area contributed by atoms with E-state index in [1.54, 1.807) is 0 Å². The van der Waals surface area contributed by atoms with Crippen molar-refractivity contribution in [2.24, 2.45) is 0 Å². The topological polar surface area (TPSA) is 38.8 Å². The molecule has 11 heavy (non-hydrogen) atoms. The number of carbonyl (C=O) groups is 1. The van der Waals surface area contributed by atoms with Gasteiger partial charge in [-0.05, 0) is 6.42 Å². The molecule has 0 aliphatic carbocycles. The van der Waals surface area contributed by atoms with E-state index in [0.29, 0.717) is 6.47 Å². The third-order valence-corrected chi connectivity index (χ3v) is 1.82. The highest BCUT2D eigenvalue weighted by Gasteiger charge is 2.40. The standard InChI is InChI=1S/C8H14O3/c1-2-3-4-5-7-8(11-7)10-6-9/h6-8H,2-5H2,1H3/t7-,8-/m0/s1. The molecule has 1 saturated heterocycles. The predicted molar refractivity (Wildman–Crippen MR) is 40.0 cm³/mol. The summed E-state index contributed by atoms with van der Waals surface area (Å²) in [6.07, 6.45) is 4.59. The minimum absolute atomic E-state index is 0.187. The summed E-state index contributed by atoms with van der Waals surface area (Å²) in [4.78, 5) is 9.83. The normalized spacial score (nSPS) is 28.1. The Bertz CT molecular complexity index is 125. The van der Waals surface area contributed by atoms with Gasteiger partial charge in [-0.3, -0.25) is 4.79 Å². The molecule has 0 spiro atoms. The molecule has 0 unspecified atom stereocenters. The molecule has 1 rings (SSSR count). The van der Waals surface area contributed by atoms with Crippen LogP contribution in [-0.2, 0) is 14.3 Å². The first kappa shape index (κ1) is 8.53. The van der Waals surface area contributed by atoms with E-state index in [4.69, 9.17) is 4.74 Å². The number of rotatable bonds is 6. The van der Waals surface area contributed by atoms with Gasteiger partial charge in [0.1, 0.15) is 6.10 Å². The third-order valence-electron chi connectivity index (χ3n) is 1.82. The monoisotopic (exact) mass is 158 g/mol. The zero-order valence-electron chi connectivity index (χ0n) is 6.79. The molecule has 3 nitrogen and oxygen atoms in total. The van der Waals surface area contributed by atoms with Gasteiger partial charge >= 0.3 is 0 Å². The summed E-state index contributed by atoms with van der Waals surface area (Å²) in [5.74, 6) is 0. The molecule has 64 valence electrons. The van der Waals surface area contributed by atoms with Gasteiger partial charge in [-0.25, -0.2) is 0 Å². The molecule has 0 aromatic heterocycles. The van der Waals surface area contributed by atoms with Crippen molar-refractivity contribution in [1.29, 1.82) is 0 Å². The van der Waals surface area contributed by atoms with Gasteiger partial charge in [-0.1, -0.05) is 26.2 Å². The Morgan fingerprint density at radius 3 is 3.00 bits per heavy atom. The van der Waals surface area contributed by atoms with Crippen LogP contribution < -0.4 is 0 Å². The van der Waals surface area contributed by atoms with Crippen molar-refractivity contribution in [3.05, 3.63) is 0 Å². The molecule has 1 aliphatic rings. The van der Waals surface area contributed by atoms with Crippen LogP contribution in [0, 0.1) is 0 Å². The summed E-state index contributed by atoms with van der Waals surface area (Å²) in [6, 6.07) is 0. The van der Waals surface area contributed by atoms with Crippen LogP contribution in [0.15, 0.2) is 0 Å². The number of unbranched alkanes of at least 4 members (excludes halogenated alkanes) is 2. The van der Waals surface area contributed by atoms with Gasteiger partial charge in [-0.2, -0.15) is 0 Å². The number of epoxide rings is 1. The second-order valence-electron chi connectivity index (χ2n) is 2.77. The summed E-state index contributed by atoms with van der Waals surface area (Å²) in [5.41, 5.74) is 0. The van der Waals surface area contributed by atoms with Gasteiger partial charge in [0.05, 0.1) is 0 Å². The first-order valence-corrected chi connectivity index (χ1v) is 4.13. The lowest BCUT2D eigenvalue weighted by molar-refractivity contribution is -0.133. The van der Waals surface area contributed by atoms with E-state index in [1.807, 2.05) is 0 Å². The van der Waals surface area contributed by atoms with Gasteiger partial charge < -0.3 is 9.47 Å². The van der Waals surface area contributed by atoms with E-state index in [-0.39, 0.29) is 12.4 Å². The first-order valence-electron chi connectivity index (χ1n) is 4.13. The quantitative estimate of drug-likeness (QED) is 0.334. The molecular weight excluding hydrogens is 144 g/mol. The van der Waals surface area contributed by atoms with Gasteiger partial charge in [0.2, 0.25) is 6.29 Å². The Morgan fingerprint density at radius 2 is 2.36 bits per heavy atom. The van der Waals surface area contributed by atoms with E-state index >= 15 is 0 Å². The summed E-state index contributed by atoms with van der Waals surface area (Å²) in [5, 5.41) is 0. The molecule has 0 amide bonds. The molecule has 1 heterocycles. The molecule has 3 heteroatoms. The maximum Gasteiger partial charge on any atom is 0.295 e. The second-order valence-corrected chi connectivity index (χ2v) is 2.77. The lowest BCUT2D eigenvalue weighted by Crippen LogP contribution is -1.97. The van der Waals surface area contributed by atoms with Crippen LogP contribution >= 0.6 is 0 Å². The SMILES string of the molecule is CCCCC[C@@H]1O[C@@H]1OC=O. The molecule has 0 saturated carbocycles. The molecule has 0 radical (unpaired) electrons. The van der Waals surface area contributed by atoms with E-state index < -0.39 is 0 Å². The molecule has 2 atom stereocenters. The van der Waals surface area contributed by atoms with Gasteiger partial charge in [0, 0.05) is 0 Å². The summed E-state index contributed by atoms with van der Waals surface area (Å²) in [7, 11) is 0. The molecule has 0 N–H and O–H groups in total. The van der Waals surface area contributed by atoms with Crippen LogP contribution in [0.4, 0.5) is 0 Å². The maximum absolute atomic E-state index is 9.83. The van der Waals surface area contributed by atoms with Crippen LogP contribution in [0.25, 0.3) is 0 Å². The Kier molecular flexibility index (Phi) is 3.36. The molecule has 1 aliphatic heterocycles. The highest BCUT2D eigenvalue weighted by atomic mass is 16.8. The largest absolute Gasteiger partial charge is 0.435 e. The van der Waals surface area contributed by atoms with E-state index in [2.05, 4.69) is 11.7 Å². The lowest BCUT2D eigenvalue weighted by Gasteiger charge is -1.92. The van der Waals surface area contributed by atoms with Crippen LogP contribution in [-0.4, -0.2) is 18.9 Å². The molecule has 1 fully saturated rings. The minimum Gasteiger partial charge on any atom is -0.435 e. The van der Waals surface area contributed by atoms with E-state index in [9.17, 15) is 4.79 Å². The third kappa shape index (κ3) is 2.89. The zero-order valence-corrected chi connectivity index (χ0v) is 6.79. The van der Waals surface area contributed by atoms with Crippen LogP contribution in [0.2, 0.25) is 0 Å². The molecule has 0 aromatic rings. The van der Waals surface area contributed by atoms with Crippen molar-refractivity contribution in [3.63, 3.8) is 0 Å². The fourth-order valence-corrected chi connectivity index (χ4v) is 1.10. The van der Waals surface area contributed by atoms with Crippen LogP contribution in [0.1, 0.15) is 32.6 Å². The van der Waals surface area contributed by atoms with Gasteiger partial charge in [0.25, 0.3) is 6.47 Å². The highest BCUT2D eigenvalue weighted by molar-refractivity contribution is 5.37. The summed E-state index contributed by atoms with van der Waals surface area (Å²) >= 11 is 0. The fourth-order valence-electron chi connectivity index (χ4n) is 1.10. The number of hydrogen-bond donors (Lipinski definition) is 0. The summed E-state index contributed by atoms with van der Waals surface area (Å²) in [6.45, 7) is 2.61. The average molecular weight is 158 g/mol. The molecule has 0 aromatic carbocycles. The number of hydrogen-bond acceptors (Lipinski definition) is 3. The molecular formula is C8H14O3. The average Bonchev–Trinajstić information content (AvgIpc) is 2.70. The Balaban J connectivity index is 1.91. The van der Waals surface area contributed by atoms with Gasteiger partial charge in [-0.15, -0.1) is 0 Å². The Labute approximate surface area is 66.7 Å². The highest BCUT2D eigenvalue weighted by Crippen LogP contribution is 2.27. The van der Waals surface area contributed by atoms with Gasteiger partial charge in [0.15, 0.2) is 0 Å². The Hall–Kier alpha value is -0.570. The van der Waals surface area contributed by atoms with Crippen molar-refractivity contribution in [3.8, 4) is 0 Å². The van der Waals surface area contributed by atoms with E-state index in [1.165, 1.54) is 19.3 Å². The van der Waals surface area contributed by atoms with E-state index in [0.717, 1.165) is 6.42 Å². The van der Waals surface area contributed by atoms with Crippen molar-refractivity contribution in [2.45, 2.75) is 45.0 Å². The van der Waals surface area contributed by atoms with Crippen molar-refractivity contribution < 1.29 is 14.3 Å². The number of ether oxygens (including phenoxy) is 2. The summed E-state index contributed by atoms with van der Waals surface area (Å²) < 4.78 is 9.64. The van der Waals surface area contributed by atoms with Crippen molar-refractivity contribution in [2.75, 3.05) is 0 Å². The number of carbonyl (C=O) groups excluding carboxylic acids is 1. The predicted octanol–water partition coefficient (Wildman–Crippen LogP) is 1.46. The smallest absolute Gasteiger partial charge is 0.295 e. The Morgan fingerprint density at radius 1 is 1.55 bits per heavy atom. The van der Waals surface area contributed by atoms with Crippen molar-refractivity contribution >= 4 is 6.47 Å². The minimum atomic E-state index is -0.232. The molecule has 0 bridgehead atoms. The zero-order chi connectivity index (χ0) is 8.10. The van der Waals surface area contributed by atoms with Crippen LogP contribution in [0.3, 0.4) is 0 Å². The fraction of sp³-hybridized carbons (Fsp3) is 0.875.